The Morgan fingerprint density at radius 1 is 1.31 bits per heavy atom. The zero-order valence-corrected chi connectivity index (χ0v) is 11.5. The first kappa shape index (κ1) is 13.9. The normalized spacial score (nSPS) is 28.1. The Morgan fingerprint density at radius 3 is 2.50 bits per heavy atom. The first-order chi connectivity index (χ1) is 7.48. The fourth-order valence-electron chi connectivity index (χ4n) is 2.39. The van der Waals surface area contributed by atoms with Crippen LogP contribution in [0.1, 0.15) is 40.5 Å². The molecule has 2 atom stereocenters. The van der Waals surface area contributed by atoms with Gasteiger partial charge in [-0.3, -0.25) is 0 Å². The fraction of sp³-hybridized carbons (Fsp3) is 1.00. The van der Waals surface area contributed by atoms with Crippen LogP contribution in [0.5, 0.6) is 0 Å². The van der Waals surface area contributed by atoms with Crippen molar-refractivity contribution in [1.82, 2.24) is 10.6 Å². The maximum atomic E-state index is 5.44. The van der Waals surface area contributed by atoms with Crippen LogP contribution in [0.3, 0.4) is 0 Å². The van der Waals surface area contributed by atoms with Crippen molar-refractivity contribution in [2.45, 2.75) is 58.7 Å². The van der Waals surface area contributed by atoms with Crippen LogP contribution in [-0.4, -0.2) is 38.4 Å². The maximum absolute atomic E-state index is 5.44. The molecular weight excluding hydrogens is 200 g/mol. The average molecular weight is 228 g/mol. The van der Waals surface area contributed by atoms with Gasteiger partial charge in [0.05, 0.1) is 6.10 Å². The summed E-state index contributed by atoms with van der Waals surface area (Å²) in [6, 6.07) is 1.22. The average Bonchev–Trinajstić information content (AvgIpc) is 2.20. The lowest BCUT2D eigenvalue weighted by molar-refractivity contribution is -0.0972. The smallest absolute Gasteiger partial charge is 0.0652 e. The van der Waals surface area contributed by atoms with Gasteiger partial charge in [-0.1, -0.05) is 27.7 Å². The summed E-state index contributed by atoms with van der Waals surface area (Å²) >= 11 is 0. The highest BCUT2D eigenvalue weighted by Gasteiger charge is 2.47. The van der Waals surface area contributed by atoms with E-state index >= 15 is 0 Å². The number of hydrogen-bond acceptors (Lipinski definition) is 3. The molecule has 0 aromatic rings. The van der Waals surface area contributed by atoms with Gasteiger partial charge in [0.15, 0.2) is 0 Å². The van der Waals surface area contributed by atoms with Crippen molar-refractivity contribution in [2.75, 3.05) is 20.2 Å². The Labute approximate surface area is 100 Å². The van der Waals surface area contributed by atoms with Crippen LogP contribution in [-0.2, 0) is 4.74 Å². The van der Waals surface area contributed by atoms with Gasteiger partial charge in [0.1, 0.15) is 0 Å². The number of rotatable bonds is 7. The van der Waals surface area contributed by atoms with Gasteiger partial charge in [-0.15, -0.1) is 0 Å². The van der Waals surface area contributed by atoms with Gasteiger partial charge < -0.3 is 15.4 Å². The fourth-order valence-corrected chi connectivity index (χ4v) is 2.39. The molecule has 2 unspecified atom stereocenters. The second-order valence-corrected chi connectivity index (χ2v) is 5.75. The van der Waals surface area contributed by atoms with E-state index < -0.39 is 0 Å². The van der Waals surface area contributed by atoms with Crippen LogP contribution < -0.4 is 10.6 Å². The van der Waals surface area contributed by atoms with Crippen molar-refractivity contribution in [2.24, 2.45) is 5.41 Å². The predicted octanol–water partition coefficient (Wildman–Crippen LogP) is 1.78. The van der Waals surface area contributed by atoms with E-state index in [1.807, 2.05) is 7.11 Å². The molecule has 1 rings (SSSR count). The Hall–Kier alpha value is -0.120. The summed E-state index contributed by atoms with van der Waals surface area (Å²) in [6.45, 7) is 11.1. The molecule has 96 valence electrons. The molecule has 0 spiro atoms. The van der Waals surface area contributed by atoms with E-state index in [9.17, 15) is 0 Å². The largest absolute Gasteiger partial charge is 0.381 e. The third-order valence-electron chi connectivity index (χ3n) is 3.76. The Bertz CT molecular complexity index is 204. The molecule has 0 bridgehead atoms. The zero-order chi connectivity index (χ0) is 12.2. The van der Waals surface area contributed by atoms with E-state index in [1.165, 1.54) is 6.42 Å². The summed E-state index contributed by atoms with van der Waals surface area (Å²) in [6.07, 6.45) is 2.78. The summed E-state index contributed by atoms with van der Waals surface area (Å²) in [5.41, 5.74) is 0.292. The SMILES string of the molecule is COC1CC(NCCCNC(C)C)C1(C)C. The van der Waals surface area contributed by atoms with E-state index in [-0.39, 0.29) is 0 Å². The summed E-state index contributed by atoms with van der Waals surface area (Å²) in [5.74, 6) is 0. The third-order valence-corrected chi connectivity index (χ3v) is 3.76. The predicted molar refractivity (Wildman–Crippen MR) is 68.7 cm³/mol. The molecule has 1 aliphatic carbocycles. The van der Waals surface area contributed by atoms with Gasteiger partial charge in [0.2, 0.25) is 0 Å². The van der Waals surface area contributed by atoms with Crippen LogP contribution in [0.2, 0.25) is 0 Å². The summed E-state index contributed by atoms with van der Waals surface area (Å²) in [7, 11) is 1.81. The van der Waals surface area contributed by atoms with Gasteiger partial charge in [0, 0.05) is 24.6 Å². The second kappa shape index (κ2) is 5.99. The highest BCUT2D eigenvalue weighted by molar-refractivity contribution is 5.02. The van der Waals surface area contributed by atoms with Crippen molar-refractivity contribution >= 4 is 0 Å². The second-order valence-electron chi connectivity index (χ2n) is 5.75. The summed E-state index contributed by atoms with van der Waals surface area (Å²) in [4.78, 5) is 0. The Balaban J connectivity index is 2.07. The standard InChI is InChI=1S/C13H28N2O/c1-10(2)14-7-6-8-15-11-9-12(16-5)13(11,3)4/h10-12,14-15H,6-9H2,1-5H3. The van der Waals surface area contributed by atoms with Crippen molar-refractivity contribution in [3.63, 3.8) is 0 Å². The van der Waals surface area contributed by atoms with Crippen molar-refractivity contribution in [3.8, 4) is 0 Å². The molecule has 3 nitrogen and oxygen atoms in total. The molecule has 2 N–H and O–H groups in total. The lowest BCUT2D eigenvalue weighted by Crippen LogP contribution is -2.60. The van der Waals surface area contributed by atoms with Gasteiger partial charge in [-0.2, -0.15) is 0 Å². The molecule has 0 aromatic heterocycles. The molecule has 16 heavy (non-hydrogen) atoms. The Kier molecular flexibility index (Phi) is 5.22. The maximum Gasteiger partial charge on any atom is 0.0652 e. The summed E-state index contributed by atoms with van der Waals surface area (Å²) < 4.78 is 5.44. The molecule has 0 aliphatic heterocycles. The monoisotopic (exact) mass is 228 g/mol. The highest BCUT2D eigenvalue weighted by Crippen LogP contribution is 2.42. The lowest BCUT2D eigenvalue weighted by Gasteiger charge is -2.51. The molecule has 1 aliphatic rings. The molecule has 0 heterocycles. The minimum Gasteiger partial charge on any atom is -0.381 e. The third kappa shape index (κ3) is 3.44. The molecule has 0 radical (unpaired) electrons. The molecular formula is C13H28N2O. The van der Waals surface area contributed by atoms with Gasteiger partial charge in [0.25, 0.3) is 0 Å². The van der Waals surface area contributed by atoms with Crippen LogP contribution in [0.15, 0.2) is 0 Å². The van der Waals surface area contributed by atoms with E-state index in [0.29, 0.717) is 23.6 Å². The Morgan fingerprint density at radius 2 is 2.00 bits per heavy atom. The van der Waals surface area contributed by atoms with Crippen LogP contribution in [0, 0.1) is 5.41 Å². The van der Waals surface area contributed by atoms with Crippen molar-refractivity contribution in [1.29, 1.82) is 0 Å². The minimum absolute atomic E-state index is 0.292. The first-order valence-electron chi connectivity index (χ1n) is 6.48. The molecule has 3 heteroatoms. The molecule has 0 amide bonds. The van der Waals surface area contributed by atoms with E-state index in [2.05, 4.69) is 38.3 Å². The lowest BCUT2D eigenvalue weighted by atomic mass is 9.64. The summed E-state index contributed by atoms with van der Waals surface area (Å²) in [5, 5.41) is 7.06. The van der Waals surface area contributed by atoms with E-state index in [1.54, 1.807) is 0 Å². The van der Waals surface area contributed by atoms with E-state index in [4.69, 9.17) is 4.74 Å². The molecule has 0 saturated heterocycles. The number of methoxy groups -OCH3 is 1. The topological polar surface area (TPSA) is 33.3 Å². The quantitative estimate of drug-likeness (QED) is 0.652. The van der Waals surface area contributed by atoms with Crippen molar-refractivity contribution in [3.05, 3.63) is 0 Å². The van der Waals surface area contributed by atoms with Crippen LogP contribution in [0.25, 0.3) is 0 Å². The number of nitrogens with one attached hydrogen (secondary N) is 2. The molecule has 0 aromatic carbocycles. The minimum atomic E-state index is 0.292. The zero-order valence-electron chi connectivity index (χ0n) is 11.5. The number of ether oxygens (including phenoxy) is 1. The van der Waals surface area contributed by atoms with Gasteiger partial charge >= 0.3 is 0 Å². The van der Waals surface area contributed by atoms with Crippen molar-refractivity contribution < 1.29 is 4.74 Å². The highest BCUT2D eigenvalue weighted by atomic mass is 16.5. The molecule has 1 saturated carbocycles. The number of hydrogen-bond donors (Lipinski definition) is 2. The van der Waals surface area contributed by atoms with Gasteiger partial charge in [-0.25, -0.2) is 0 Å². The van der Waals surface area contributed by atoms with Gasteiger partial charge in [-0.05, 0) is 25.9 Å². The van der Waals surface area contributed by atoms with Crippen LogP contribution in [0.4, 0.5) is 0 Å². The first-order valence-corrected chi connectivity index (χ1v) is 6.48. The molecule has 1 fully saturated rings. The van der Waals surface area contributed by atoms with Crippen LogP contribution >= 0.6 is 0 Å². The van der Waals surface area contributed by atoms with E-state index in [0.717, 1.165) is 19.5 Å².